The molecule has 1 aliphatic rings. The van der Waals surface area contributed by atoms with E-state index in [9.17, 15) is 8.42 Å². The Balaban J connectivity index is 1.69. The molecule has 0 aliphatic heterocycles. The first-order valence-electron chi connectivity index (χ1n) is 10.4. The van der Waals surface area contributed by atoms with Gasteiger partial charge in [0.25, 0.3) is 0 Å². The summed E-state index contributed by atoms with van der Waals surface area (Å²) in [5.41, 5.74) is 0.380. The lowest BCUT2D eigenvalue weighted by atomic mass is 10.2. The lowest BCUT2D eigenvalue weighted by molar-refractivity contribution is 0.0948. The average Bonchev–Trinajstić information content (AvgIpc) is 3.46. The molecule has 1 aliphatic carbocycles. The summed E-state index contributed by atoms with van der Waals surface area (Å²) in [4.78, 5) is 12.4. The highest BCUT2D eigenvalue weighted by Gasteiger charge is 2.48. The highest BCUT2D eigenvalue weighted by atomic mass is 35.5. The fourth-order valence-corrected chi connectivity index (χ4v) is 5.43. The Kier molecular flexibility index (Phi) is 6.76. The monoisotopic (exact) mass is 492 g/mol. The molecule has 176 valence electrons. The van der Waals surface area contributed by atoms with Crippen LogP contribution in [0.15, 0.2) is 36.9 Å². The molecule has 10 nitrogen and oxygen atoms in total. The van der Waals surface area contributed by atoms with Crippen LogP contribution in [0, 0.1) is 0 Å². The van der Waals surface area contributed by atoms with Crippen LogP contribution in [0.1, 0.15) is 37.5 Å². The molecular formula is C21H25ClN6O4S. The summed E-state index contributed by atoms with van der Waals surface area (Å²) in [7, 11) is -0.687. The molecular weight excluding hydrogens is 468 g/mol. The summed E-state index contributed by atoms with van der Waals surface area (Å²) >= 11 is 5.86. The van der Waals surface area contributed by atoms with Crippen molar-refractivity contribution in [2.45, 2.75) is 42.4 Å². The largest absolute Gasteiger partial charge is 0.382 e. The Labute approximate surface area is 197 Å². The maximum atomic E-state index is 13.5. The minimum absolute atomic E-state index is 0.244. The molecule has 0 bridgehead atoms. The maximum Gasteiger partial charge on any atom is 0.166 e. The summed E-state index contributed by atoms with van der Waals surface area (Å²) in [6.45, 7) is 2.01. The minimum Gasteiger partial charge on any atom is -0.382 e. The van der Waals surface area contributed by atoms with Crippen LogP contribution in [0.3, 0.4) is 0 Å². The van der Waals surface area contributed by atoms with E-state index < -0.39 is 21.2 Å². The fourth-order valence-electron chi connectivity index (χ4n) is 3.91. The summed E-state index contributed by atoms with van der Waals surface area (Å²) in [5, 5.41) is 8.03. The van der Waals surface area contributed by atoms with Gasteiger partial charge in [-0.3, -0.25) is 4.98 Å². The third-order valence-electron chi connectivity index (χ3n) is 5.84. The van der Waals surface area contributed by atoms with Gasteiger partial charge in [-0.15, -0.1) is 10.2 Å². The number of ether oxygens (including phenoxy) is 2. The van der Waals surface area contributed by atoms with Crippen molar-refractivity contribution in [3.63, 3.8) is 0 Å². The van der Waals surface area contributed by atoms with Crippen molar-refractivity contribution in [2.75, 3.05) is 20.8 Å². The van der Waals surface area contributed by atoms with Gasteiger partial charge in [0.1, 0.15) is 17.7 Å². The summed E-state index contributed by atoms with van der Waals surface area (Å²) in [6.07, 6.45) is 6.99. The van der Waals surface area contributed by atoms with Gasteiger partial charge in [-0.1, -0.05) is 11.6 Å². The number of hydrogen-bond acceptors (Lipinski definition) is 9. The minimum atomic E-state index is -3.74. The molecule has 2 atom stereocenters. The van der Waals surface area contributed by atoms with Crippen LogP contribution in [-0.4, -0.2) is 64.2 Å². The Morgan fingerprint density at radius 2 is 1.91 bits per heavy atom. The zero-order chi connectivity index (χ0) is 23.6. The van der Waals surface area contributed by atoms with Gasteiger partial charge in [0, 0.05) is 44.6 Å². The van der Waals surface area contributed by atoms with Gasteiger partial charge in [0.15, 0.2) is 21.5 Å². The lowest BCUT2D eigenvalue weighted by Crippen LogP contribution is -2.32. The third-order valence-corrected chi connectivity index (χ3v) is 8.07. The van der Waals surface area contributed by atoms with Crippen LogP contribution in [0.25, 0.3) is 11.4 Å². The van der Waals surface area contributed by atoms with Crippen molar-refractivity contribution in [3.05, 3.63) is 53.6 Å². The van der Waals surface area contributed by atoms with Gasteiger partial charge in [-0.2, -0.15) is 0 Å². The van der Waals surface area contributed by atoms with E-state index in [-0.39, 0.29) is 17.1 Å². The molecule has 0 amide bonds. The zero-order valence-electron chi connectivity index (χ0n) is 18.5. The number of halogens is 1. The number of aromatic nitrogens is 6. The van der Waals surface area contributed by atoms with Gasteiger partial charge >= 0.3 is 0 Å². The fraction of sp³-hybridized carbons (Fsp3) is 0.476. The smallest absolute Gasteiger partial charge is 0.166 e. The molecule has 3 aromatic heterocycles. The lowest BCUT2D eigenvalue weighted by Gasteiger charge is -2.23. The van der Waals surface area contributed by atoms with E-state index in [0.29, 0.717) is 23.3 Å². The van der Waals surface area contributed by atoms with E-state index >= 15 is 0 Å². The predicted octanol–water partition coefficient (Wildman–Crippen LogP) is 2.61. The SMILES string of the molecule is COCC1(n2c(CS(=O)(=O)[C@@H](C)[C@H](OC)c3ncc(Cl)cn3)nnc2-c2cccnc2)CC1. The van der Waals surface area contributed by atoms with Crippen molar-refractivity contribution in [1.82, 2.24) is 29.7 Å². The number of sulfone groups is 1. The molecule has 1 saturated carbocycles. The molecule has 0 unspecified atom stereocenters. The molecule has 12 heteroatoms. The number of methoxy groups -OCH3 is 2. The van der Waals surface area contributed by atoms with E-state index in [4.69, 9.17) is 21.1 Å². The van der Waals surface area contributed by atoms with Crippen LogP contribution in [0.2, 0.25) is 5.02 Å². The molecule has 0 spiro atoms. The normalized spacial score (nSPS) is 17.0. The second kappa shape index (κ2) is 9.41. The quantitative estimate of drug-likeness (QED) is 0.420. The van der Waals surface area contributed by atoms with E-state index in [0.717, 1.165) is 18.4 Å². The molecule has 33 heavy (non-hydrogen) atoms. The first kappa shape index (κ1) is 23.7. The van der Waals surface area contributed by atoms with Crippen molar-refractivity contribution in [3.8, 4) is 11.4 Å². The second-order valence-electron chi connectivity index (χ2n) is 8.10. The Hall–Kier alpha value is -2.47. The first-order chi connectivity index (χ1) is 15.8. The topological polar surface area (TPSA) is 122 Å². The van der Waals surface area contributed by atoms with Gasteiger partial charge < -0.3 is 14.0 Å². The molecule has 0 aromatic carbocycles. The number of nitrogens with zero attached hydrogens (tertiary/aromatic N) is 6. The van der Waals surface area contributed by atoms with Crippen LogP contribution in [0.4, 0.5) is 0 Å². The molecule has 3 heterocycles. The number of hydrogen-bond donors (Lipinski definition) is 0. The van der Waals surface area contributed by atoms with Crippen LogP contribution in [0.5, 0.6) is 0 Å². The summed E-state index contributed by atoms with van der Waals surface area (Å²) < 4.78 is 39.7. The number of pyridine rings is 1. The highest BCUT2D eigenvalue weighted by Crippen LogP contribution is 2.46. The first-order valence-corrected chi connectivity index (χ1v) is 12.5. The third kappa shape index (κ3) is 4.77. The van der Waals surface area contributed by atoms with Gasteiger partial charge in [-0.25, -0.2) is 18.4 Å². The standard InChI is InChI=1S/C21H25ClN6O4S/c1-14(18(32-3)19-24-10-16(22)11-25-19)33(29,30)12-17-26-27-20(15-5-4-8-23-9-15)28(17)21(6-7-21)13-31-2/h4-5,8-11,14,18H,6-7,12-13H2,1-3H3/t14-,18-/m0/s1. The van der Waals surface area contributed by atoms with Crippen molar-refractivity contribution >= 4 is 21.4 Å². The Bertz CT molecular complexity index is 1200. The predicted molar refractivity (Wildman–Crippen MR) is 121 cm³/mol. The Morgan fingerprint density at radius 3 is 2.48 bits per heavy atom. The molecule has 0 radical (unpaired) electrons. The summed E-state index contributed by atoms with van der Waals surface area (Å²) in [6, 6.07) is 3.67. The van der Waals surface area contributed by atoms with E-state index in [1.54, 1.807) is 32.5 Å². The van der Waals surface area contributed by atoms with Crippen LogP contribution >= 0.6 is 11.6 Å². The highest BCUT2D eigenvalue weighted by molar-refractivity contribution is 7.91. The van der Waals surface area contributed by atoms with Crippen LogP contribution < -0.4 is 0 Å². The van der Waals surface area contributed by atoms with Crippen molar-refractivity contribution < 1.29 is 17.9 Å². The Morgan fingerprint density at radius 1 is 1.18 bits per heavy atom. The van der Waals surface area contributed by atoms with Crippen LogP contribution in [-0.2, 0) is 30.6 Å². The molecule has 0 saturated heterocycles. The van der Waals surface area contributed by atoms with E-state index in [1.165, 1.54) is 19.5 Å². The van der Waals surface area contributed by atoms with E-state index in [2.05, 4.69) is 25.1 Å². The van der Waals surface area contributed by atoms with E-state index in [1.807, 2.05) is 10.6 Å². The van der Waals surface area contributed by atoms with Crippen molar-refractivity contribution in [1.29, 1.82) is 0 Å². The molecule has 1 fully saturated rings. The zero-order valence-corrected chi connectivity index (χ0v) is 20.1. The second-order valence-corrected chi connectivity index (χ2v) is 10.9. The van der Waals surface area contributed by atoms with Crippen molar-refractivity contribution in [2.24, 2.45) is 0 Å². The van der Waals surface area contributed by atoms with Gasteiger partial charge in [0.2, 0.25) is 0 Å². The molecule has 0 N–H and O–H groups in total. The maximum absolute atomic E-state index is 13.5. The number of rotatable bonds is 10. The molecule has 3 aromatic rings. The van der Waals surface area contributed by atoms with Gasteiger partial charge in [0.05, 0.1) is 22.4 Å². The molecule has 4 rings (SSSR count). The summed E-state index contributed by atoms with van der Waals surface area (Å²) in [5.74, 6) is 0.843. The average molecular weight is 493 g/mol. The van der Waals surface area contributed by atoms with Gasteiger partial charge in [-0.05, 0) is 31.9 Å².